The van der Waals surface area contributed by atoms with E-state index in [4.69, 9.17) is 11.6 Å². The van der Waals surface area contributed by atoms with Gasteiger partial charge in [-0.15, -0.1) is 0 Å². The van der Waals surface area contributed by atoms with Crippen LogP contribution in [-0.2, 0) is 0 Å². The molecule has 2 atom stereocenters. The van der Waals surface area contributed by atoms with Crippen LogP contribution < -0.4 is 5.32 Å². The molecule has 1 N–H and O–H groups in total. The van der Waals surface area contributed by atoms with Crippen molar-refractivity contribution in [2.75, 3.05) is 7.05 Å². The number of hydrogen-bond donors (Lipinski definition) is 1. The van der Waals surface area contributed by atoms with Crippen LogP contribution in [0.4, 0.5) is 0 Å². The molecule has 1 nitrogen and oxygen atoms in total. The molecule has 0 fully saturated rings. The summed E-state index contributed by atoms with van der Waals surface area (Å²) >= 11 is 5.96. The van der Waals surface area contributed by atoms with E-state index in [0.717, 1.165) is 11.4 Å². The van der Waals surface area contributed by atoms with Gasteiger partial charge in [0.2, 0.25) is 0 Å². The summed E-state index contributed by atoms with van der Waals surface area (Å²) in [5.41, 5.74) is 1.30. The van der Waals surface area contributed by atoms with E-state index in [1.165, 1.54) is 5.56 Å². The lowest BCUT2D eigenvalue weighted by Gasteiger charge is -2.22. The van der Waals surface area contributed by atoms with Crippen molar-refractivity contribution in [3.8, 4) is 0 Å². The highest BCUT2D eigenvalue weighted by molar-refractivity contribution is 6.30. The van der Waals surface area contributed by atoms with Crippen molar-refractivity contribution in [1.82, 2.24) is 5.32 Å². The Bertz CT molecular complexity index is 281. The molecule has 2 heteroatoms. The number of hydrogen-bond acceptors (Lipinski definition) is 1. The molecule has 1 aromatic rings. The minimum absolute atomic E-state index is 0.503. The highest BCUT2D eigenvalue weighted by atomic mass is 35.5. The molecule has 0 saturated carbocycles. The van der Waals surface area contributed by atoms with E-state index >= 15 is 0 Å². The monoisotopic (exact) mass is 211 g/mol. The molecule has 0 aliphatic carbocycles. The lowest BCUT2D eigenvalue weighted by molar-refractivity contribution is 0.473. The van der Waals surface area contributed by atoms with Crippen molar-refractivity contribution in [2.24, 2.45) is 0 Å². The minimum Gasteiger partial charge on any atom is -0.316 e. The Morgan fingerprint density at radius 2 is 2.14 bits per heavy atom. The molecule has 0 heterocycles. The maximum absolute atomic E-state index is 5.96. The van der Waals surface area contributed by atoms with Gasteiger partial charge in [0.05, 0.1) is 0 Å². The molecule has 0 bridgehead atoms. The van der Waals surface area contributed by atoms with Crippen molar-refractivity contribution in [3.63, 3.8) is 0 Å². The molecule has 0 aliphatic heterocycles. The third-order valence-electron chi connectivity index (χ3n) is 2.79. The van der Waals surface area contributed by atoms with E-state index in [0.29, 0.717) is 12.0 Å². The molecular formula is C12H18ClN. The van der Waals surface area contributed by atoms with Crippen LogP contribution in [0.25, 0.3) is 0 Å². The van der Waals surface area contributed by atoms with Gasteiger partial charge in [0.15, 0.2) is 0 Å². The normalized spacial score (nSPS) is 15.1. The van der Waals surface area contributed by atoms with Crippen molar-refractivity contribution in [2.45, 2.75) is 32.2 Å². The molecule has 0 aliphatic rings. The first kappa shape index (κ1) is 11.5. The average molecular weight is 212 g/mol. The zero-order chi connectivity index (χ0) is 10.6. The summed E-state index contributed by atoms with van der Waals surface area (Å²) in [7, 11) is 2.01. The van der Waals surface area contributed by atoms with E-state index in [1.807, 2.05) is 25.2 Å². The maximum Gasteiger partial charge on any atom is 0.0408 e. The van der Waals surface area contributed by atoms with Crippen LogP contribution in [0, 0.1) is 0 Å². The van der Waals surface area contributed by atoms with Gasteiger partial charge in [-0.25, -0.2) is 0 Å². The van der Waals surface area contributed by atoms with Crippen molar-refractivity contribution >= 4 is 11.6 Å². The van der Waals surface area contributed by atoms with Crippen molar-refractivity contribution in [3.05, 3.63) is 34.9 Å². The van der Waals surface area contributed by atoms with Crippen LogP contribution in [0.5, 0.6) is 0 Å². The van der Waals surface area contributed by atoms with Gasteiger partial charge in [0.25, 0.3) is 0 Å². The fraction of sp³-hybridized carbons (Fsp3) is 0.500. The lowest BCUT2D eigenvalue weighted by Crippen LogP contribution is -2.29. The van der Waals surface area contributed by atoms with Crippen LogP contribution in [0.3, 0.4) is 0 Å². The molecule has 0 amide bonds. The molecule has 0 saturated heterocycles. The van der Waals surface area contributed by atoms with Crippen LogP contribution in [0.1, 0.15) is 31.7 Å². The Hall–Kier alpha value is -0.530. The predicted molar refractivity (Wildman–Crippen MR) is 63.0 cm³/mol. The Labute approximate surface area is 91.5 Å². The Kier molecular flexibility index (Phi) is 4.43. The number of benzene rings is 1. The molecule has 0 radical (unpaired) electrons. The standard InChI is InChI=1S/C12H18ClN/c1-4-12(14-3)9(2)10-6-5-7-11(13)8-10/h5-9,12,14H,4H2,1-3H3. The smallest absolute Gasteiger partial charge is 0.0408 e. The number of likely N-dealkylation sites (N-methyl/N-ethyl adjacent to an activating group) is 1. The first-order valence-corrected chi connectivity index (χ1v) is 5.49. The van der Waals surface area contributed by atoms with Gasteiger partial charge in [-0.3, -0.25) is 0 Å². The average Bonchev–Trinajstić information content (AvgIpc) is 2.19. The first-order valence-electron chi connectivity index (χ1n) is 5.11. The molecule has 1 aromatic carbocycles. The van der Waals surface area contributed by atoms with E-state index in [1.54, 1.807) is 0 Å². The van der Waals surface area contributed by atoms with Gasteiger partial charge in [-0.1, -0.05) is 37.6 Å². The van der Waals surface area contributed by atoms with E-state index in [-0.39, 0.29) is 0 Å². The molecule has 1 rings (SSSR count). The van der Waals surface area contributed by atoms with Crippen LogP contribution >= 0.6 is 11.6 Å². The SMILES string of the molecule is CCC(NC)C(C)c1cccc(Cl)c1. The fourth-order valence-electron chi connectivity index (χ4n) is 1.83. The van der Waals surface area contributed by atoms with E-state index in [2.05, 4.69) is 25.2 Å². The molecular weight excluding hydrogens is 194 g/mol. The van der Waals surface area contributed by atoms with E-state index < -0.39 is 0 Å². The summed E-state index contributed by atoms with van der Waals surface area (Å²) in [6, 6.07) is 8.63. The van der Waals surface area contributed by atoms with Gasteiger partial charge in [-0.05, 0) is 37.1 Å². The summed E-state index contributed by atoms with van der Waals surface area (Å²) in [6.45, 7) is 4.43. The first-order chi connectivity index (χ1) is 6.69. The second-order valence-electron chi connectivity index (χ2n) is 3.65. The topological polar surface area (TPSA) is 12.0 Å². The minimum atomic E-state index is 0.503. The van der Waals surface area contributed by atoms with E-state index in [9.17, 15) is 0 Å². The third kappa shape index (κ3) is 2.73. The molecule has 78 valence electrons. The largest absolute Gasteiger partial charge is 0.316 e. The fourth-order valence-corrected chi connectivity index (χ4v) is 2.03. The number of nitrogens with one attached hydrogen (secondary N) is 1. The van der Waals surface area contributed by atoms with Crippen LogP contribution in [0.15, 0.2) is 24.3 Å². The maximum atomic E-state index is 5.96. The highest BCUT2D eigenvalue weighted by Gasteiger charge is 2.14. The Morgan fingerprint density at radius 1 is 1.43 bits per heavy atom. The zero-order valence-electron chi connectivity index (χ0n) is 9.05. The Morgan fingerprint density at radius 3 is 2.64 bits per heavy atom. The second-order valence-corrected chi connectivity index (χ2v) is 4.08. The number of halogens is 1. The summed E-state index contributed by atoms with van der Waals surface area (Å²) < 4.78 is 0. The molecule has 2 unspecified atom stereocenters. The van der Waals surface area contributed by atoms with Crippen molar-refractivity contribution in [1.29, 1.82) is 0 Å². The quantitative estimate of drug-likeness (QED) is 0.805. The number of rotatable bonds is 4. The summed E-state index contributed by atoms with van der Waals surface area (Å²) in [5.74, 6) is 0.503. The van der Waals surface area contributed by atoms with Crippen LogP contribution in [0.2, 0.25) is 5.02 Å². The van der Waals surface area contributed by atoms with Crippen LogP contribution in [-0.4, -0.2) is 13.1 Å². The predicted octanol–water partition coefficient (Wildman–Crippen LogP) is 3.44. The van der Waals surface area contributed by atoms with Gasteiger partial charge in [-0.2, -0.15) is 0 Å². The second kappa shape index (κ2) is 5.38. The highest BCUT2D eigenvalue weighted by Crippen LogP contribution is 2.23. The van der Waals surface area contributed by atoms with Crippen molar-refractivity contribution < 1.29 is 0 Å². The molecule has 0 aromatic heterocycles. The summed E-state index contributed by atoms with van der Waals surface area (Å²) in [4.78, 5) is 0. The zero-order valence-corrected chi connectivity index (χ0v) is 9.81. The molecule has 14 heavy (non-hydrogen) atoms. The van der Waals surface area contributed by atoms with Gasteiger partial charge in [0, 0.05) is 11.1 Å². The summed E-state index contributed by atoms with van der Waals surface area (Å²) in [5, 5.41) is 4.15. The summed E-state index contributed by atoms with van der Waals surface area (Å²) in [6.07, 6.45) is 1.13. The van der Waals surface area contributed by atoms with Gasteiger partial charge in [0.1, 0.15) is 0 Å². The molecule has 0 spiro atoms. The lowest BCUT2D eigenvalue weighted by atomic mass is 9.92. The Balaban J connectivity index is 2.82. The van der Waals surface area contributed by atoms with Gasteiger partial charge >= 0.3 is 0 Å². The third-order valence-corrected chi connectivity index (χ3v) is 3.02. The van der Waals surface area contributed by atoms with Gasteiger partial charge < -0.3 is 5.32 Å².